The van der Waals surface area contributed by atoms with Crippen LogP contribution in [0.4, 0.5) is 5.69 Å². The van der Waals surface area contributed by atoms with E-state index in [9.17, 15) is 10.1 Å². The van der Waals surface area contributed by atoms with Gasteiger partial charge in [0, 0.05) is 18.8 Å². The van der Waals surface area contributed by atoms with Crippen LogP contribution in [0, 0.1) is 18.3 Å². The first-order chi connectivity index (χ1) is 12.2. The molecule has 6 heteroatoms. The van der Waals surface area contributed by atoms with Crippen LogP contribution in [0.25, 0.3) is 16.8 Å². The van der Waals surface area contributed by atoms with Crippen LogP contribution in [-0.4, -0.2) is 27.7 Å². The number of anilines is 1. The van der Waals surface area contributed by atoms with Gasteiger partial charge < -0.3 is 9.88 Å². The smallest absolute Gasteiger partial charge is 0.298 e. The third-order valence-electron chi connectivity index (χ3n) is 4.78. The summed E-state index contributed by atoms with van der Waals surface area (Å²) in [5.74, 6) is 0. The number of benzene rings is 1. The Morgan fingerprint density at radius 3 is 2.56 bits per heavy atom. The zero-order chi connectivity index (χ0) is 17.4. The van der Waals surface area contributed by atoms with Crippen LogP contribution in [-0.2, 0) is 0 Å². The van der Waals surface area contributed by atoms with E-state index in [1.54, 1.807) is 0 Å². The van der Waals surface area contributed by atoms with Crippen molar-refractivity contribution in [1.29, 1.82) is 5.26 Å². The first-order valence-corrected chi connectivity index (χ1v) is 8.57. The number of hydrogen-bond donors (Lipinski definition) is 1. The second-order valence-corrected chi connectivity index (χ2v) is 6.41. The summed E-state index contributed by atoms with van der Waals surface area (Å²) in [6.07, 6.45) is 3.39. The highest BCUT2D eigenvalue weighted by Crippen LogP contribution is 2.28. The van der Waals surface area contributed by atoms with Crippen molar-refractivity contribution >= 4 is 11.3 Å². The van der Waals surface area contributed by atoms with Crippen LogP contribution >= 0.6 is 0 Å². The third kappa shape index (κ3) is 2.49. The Morgan fingerprint density at radius 1 is 1.16 bits per heavy atom. The second kappa shape index (κ2) is 6.10. The maximum atomic E-state index is 13.1. The fraction of sp³-hybridized carbons (Fsp3) is 0.316. The van der Waals surface area contributed by atoms with E-state index in [1.807, 2.05) is 37.3 Å². The topological polar surface area (TPSA) is 77.2 Å². The molecule has 1 fully saturated rings. The predicted octanol–water partition coefficient (Wildman–Crippen LogP) is 2.86. The number of fused-ring (bicyclic) bond motifs is 1. The Morgan fingerprint density at radius 2 is 1.88 bits per heavy atom. The van der Waals surface area contributed by atoms with E-state index in [0.29, 0.717) is 16.9 Å². The number of rotatable bonds is 2. The summed E-state index contributed by atoms with van der Waals surface area (Å²) in [4.78, 5) is 18.5. The van der Waals surface area contributed by atoms with Gasteiger partial charge in [-0.2, -0.15) is 14.9 Å². The summed E-state index contributed by atoms with van der Waals surface area (Å²) < 4.78 is 1.35. The summed E-state index contributed by atoms with van der Waals surface area (Å²) >= 11 is 0. The monoisotopic (exact) mass is 333 g/mol. The van der Waals surface area contributed by atoms with Crippen molar-refractivity contribution in [3.05, 3.63) is 52.1 Å². The molecule has 0 saturated carbocycles. The predicted molar refractivity (Wildman–Crippen MR) is 96.8 cm³/mol. The average molecular weight is 333 g/mol. The van der Waals surface area contributed by atoms with Crippen LogP contribution < -0.4 is 10.5 Å². The first kappa shape index (κ1) is 15.5. The summed E-state index contributed by atoms with van der Waals surface area (Å²) in [5, 5.41) is 13.8. The number of aromatic amines is 1. The molecule has 4 rings (SSSR count). The van der Waals surface area contributed by atoms with Gasteiger partial charge in [0.25, 0.3) is 5.56 Å². The van der Waals surface area contributed by atoms with Gasteiger partial charge in [0.1, 0.15) is 17.4 Å². The van der Waals surface area contributed by atoms with Crippen LogP contribution in [0.5, 0.6) is 0 Å². The Labute approximate surface area is 145 Å². The molecule has 0 spiro atoms. The van der Waals surface area contributed by atoms with E-state index in [0.717, 1.165) is 37.2 Å². The Hall–Kier alpha value is -3.07. The molecule has 1 aliphatic rings. The number of aromatic nitrogens is 3. The number of aryl methyl sites for hydroxylation is 1. The van der Waals surface area contributed by atoms with E-state index in [1.165, 1.54) is 10.9 Å². The lowest BCUT2D eigenvalue weighted by Crippen LogP contribution is -2.36. The van der Waals surface area contributed by atoms with Gasteiger partial charge in [-0.15, -0.1) is 0 Å². The molecule has 0 radical (unpaired) electrons. The molecular weight excluding hydrogens is 314 g/mol. The van der Waals surface area contributed by atoms with E-state index >= 15 is 0 Å². The molecule has 1 N–H and O–H groups in total. The largest absolute Gasteiger partial charge is 0.366 e. The SMILES string of the molecule is Cc1[nH]c2c(-c3ccccc3)c(C#N)nn2c(=O)c1N1CCCCC1. The number of piperidine rings is 1. The van der Waals surface area contributed by atoms with Crippen molar-refractivity contribution in [2.24, 2.45) is 0 Å². The number of hydrogen-bond acceptors (Lipinski definition) is 4. The fourth-order valence-electron chi connectivity index (χ4n) is 3.62. The zero-order valence-corrected chi connectivity index (χ0v) is 14.1. The molecule has 25 heavy (non-hydrogen) atoms. The third-order valence-corrected chi connectivity index (χ3v) is 4.78. The number of nitriles is 1. The van der Waals surface area contributed by atoms with Gasteiger partial charge in [-0.3, -0.25) is 4.79 Å². The van der Waals surface area contributed by atoms with Crippen LogP contribution in [0.2, 0.25) is 0 Å². The van der Waals surface area contributed by atoms with Gasteiger partial charge in [0.05, 0.1) is 5.56 Å². The molecule has 3 aromatic rings. The molecule has 126 valence electrons. The van der Waals surface area contributed by atoms with E-state index in [-0.39, 0.29) is 11.3 Å². The average Bonchev–Trinajstić information content (AvgIpc) is 3.02. The lowest BCUT2D eigenvalue weighted by atomic mass is 10.1. The molecular formula is C19H19N5O. The lowest BCUT2D eigenvalue weighted by Gasteiger charge is -2.29. The standard InChI is InChI=1S/C19H19N5O/c1-13-17(23-10-6-3-7-11-23)19(25)24-18(21-13)16(15(12-20)22-24)14-8-4-2-5-9-14/h2,4-5,8-9,21H,3,6-7,10-11H2,1H3. The number of nitrogens with zero attached hydrogens (tertiary/aromatic N) is 4. The molecule has 0 unspecified atom stereocenters. The van der Waals surface area contributed by atoms with Crippen molar-refractivity contribution in [2.75, 3.05) is 18.0 Å². The van der Waals surface area contributed by atoms with Crippen molar-refractivity contribution in [2.45, 2.75) is 26.2 Å². The summed E-state index contributed by atoms with van der Waals surface area (Å²) in [6.45, 7) is 3.68. The number of H-pyrrole nitrogens is 1. The van der Waals surface area contributed by atoms with Crippen molar-refractivity contribution in [3.8, 4) is 17.2 Å². The number of nitrogens with one attached hydrogen (secondary N) is 1. The van der Waals surface area contributed by atoms with Crippen molar-refractivity contribution < 1.29 is 0 Å². The summed E-state index contributed by atoms with van der Waals surface area (Å²) in [5.41, 5.74) is 3.70. The Bertz CT molecular complexity index is 1020. The minimum Gasteiger partial charge on any atom is -0.366 e. The molecule has 2 aromatic heterocycles. The highest BCUT2D eigenvalue weighted by molar-refractivity contribution is 5.82. The second-order valence-electron chi connectivity index (χ2n) is 6.41. The summed E-state index contributed by atoms with van der Waals surface area (Å²) in [7, 11) is 0. The van der Waals surface area contributed by atoms with Gasteiger partial charge in [-0.1, -0.05) is 30.3 Å². The van der Waals surface area contributed by atoms with Crippen molar-refractivity contribution in [1.82, 2.24) is 14.6 Å². The summed E-state index contributed by atoms with van der Waals surface area (Å²) in [6, 6.07) is 11.7. The molecule has 1 aliphatic heterocycles. The van der Waals surface area contributed by atoms with Crippen LogP contribution in [0.1, 0.15) is 30.7 Å². The van der Waals surface area contributed by atoms with E-state index in [4.69, 9.17) is 0 Å². The van der Waals surface area contributed by atoms with Crippen molar-refractivity contribution in [3.63, 3.8) is 0 Å². The molecule has 1 saturated heterocycles. The minimum atomic E-state index is -0.160. The Balaban J connectivity index is 1.98. The van der Waals surface area contributed by atoms with Crippen LogP contribution in [0.15, 0.2) is 35.1 Å². The first-order valence-electron chi connectivity index (χ1n) is 8.57. The maximum Gasteiger partial charge on any atom is 0.298 e. The minimum absolute atomic E-state index is 0.160. The van der Waals surface area contributed by atoms with Gasteiger partial charge in [0.2, 0.25) is 0 Å². The van der Waals surface area contributed by atoms with E-state index in [2.05, 4.69) is 21.1 Å². The normalized spacial score (nSPS) is 14.6. The molecule has 3 heterocycles. The highest BCUT2D eigenvalue weighted by atomic mass is 16.1. The fourth-order valence-corrected chi connectivity index (χ4v) is 3.62. The molecule has 0 bridgehead atoms. The Kier molecular flexibility index (Phi) is 3.77. The van der Waals surface area contributed by atoms with E-state index < -0.39 is 0 Å². The molecule has 0 amide bonds. The van der Waals surface area contributed by atoms with Gasteiger partial charge >= 0.3 is 0 Å². The van der Waals surface area contributed by atoms with Gasteiger partial charge in [-0.05, 0) is 31.7 Å². The molecule has 1 aromatic carbocycles. The quantitative estimate of drug-likeness (QED) is 0.782. The van der Waals surface area contributed by atoms with Crippen LogP contribution in [0.3, 0.4) is 0 Å². The van der Waals surface area contributed by atoms with Gasteiger partial charge in [0.15, 0.2) is 5.69 Å². The van der Waals surface area contributed by atoms with Gasteiger partial charge in [-0.25, -0.2) is 0 Å². The highest BCUT2D eigenvalue weighted by Gasteiger charge is 2.23. The molecule has 6 nitrogen and oxygen atoms in total. The molecule has 0 atom stereocenters. The zero-order valence-electron chi connectivity index (χ0n) is 14.1. The lowest BCUT2D eigenvalue weighted by molar-refractivity contribution is 0.573. The molecule has 0 aliphatic carbocycles. The maximum absolute atomic E-state index is 13.1.